The SMILES string of the molecule is Cl.O=C(O)c1ccc2c(c1C(=O)O)Cc1ccccc1-2. The largest absolute Gasteiger partial charge is 0.478 e. The molecule has 20 heavy (non-hydrogen) atoms. The van der Waals surface area contributed by atoms with Gasteiger partial charge in [-0.3, -0.25) is 0 Å². The van der Waals surface area contributed by atoms with Crippen LogP contribution in [0.4, 0.5) is 0 Å². The van der Waals surface area contributed by atoms with Crippen molar-refractivity contribution in [2.45, 2.75) is 6.42 Å². The highest BCUT2D eigenvalue weighted by molar-refractivity contribution is 6.05. The molecule has 1 aliphatic carbocycles. The fourth-order valence-electron chi connectivity index (χ4n) is 2.63. The van der Waals surface area contributed by atoms with Gasteiger partial charge < -0.3 is 10.2 Å². The second-order valence-corrected chi connectivity index (χ2v) is 4.46. The van der Waals surface area contributed by atoms with E-state index in [2.05, 4.69) is 0 Å². The number of aromatic carboxylic acids is 2. The van der Waals surface area contributed by atoms with E-state index in [4.69, 9.17) is 5.11 Å². The zero-order chi connectivity index (χ0) is 13.6. The lowest BCUT2D eigenvalue weighted by molar-refractivity contribution is 0.0650. The number of benzene rings is 2. The van der Waals surface area contributed by atoms with Crippen LogP contribution in [0.1, 0.15) is 31.8 Å². The number of carboxylic acids is 2. The van der Waals surface area contributed by atoms with Crippen molar-refractivity contribution in [1.82, 2.24) is 0 Å². The number of hydrogen-bond acceptors (Lipinski definition) is 2. The molecule has 1 aliphatic rings. The Hall–Kier alpha value is -2.33. The molecule has 2 aromatic rings. The topological polar surface area (TPSA) is 74.6 Å². The van der Waals surface area contributed by atoms with Crippen LogP contribution in [0, 0.1) is 0 Å². The van der Waals surface area contributed by atoms with Crippen molar-refractivity contribution >= 4 is 24.3 Å². The van der Waals surface area contributed by atoms with Crippen LogP contribution in [0.25, 0.3) is 11.1 Å². The molecule has 0 heterocycles. The third kappa shape index (κ3) is 1.94. The summed E-state index contributed by atoms with van der Waals surface area (Å²) in [7, 11) is 0. The first-order valence-electron chi connectivity index (χ1n) is 5.80. The maximum Gasteiger partial charge on any atom is 0.336 e. The molecule has 5 heteroatoms. The maximum atomic E-state index is 11.4. The van der Waals surface area contributed by atoms with Gasteiger partial charge in [0.1, 0.15) is 0 Å². The standard InChI is InChI=1S/C15H10O4.ClH/c16-14(17)11-6-5-10-9-4-2-1-3-8(9)7-12(10)13(11)15(18)19;/h1-6H,7H2,(H,16,17)(H,18,19);1H. The van der Waals surface area contributed by atoms with Crippen molar-refractivity contribution in [1.29, 1.82) is 0 Å². The summed E-state index contributed by atoms with van der Waals surface area (Å²) in [6.07, 6.45) is 0.467. The van der Waals surface area contributed by atoms with Gasteiger partial charge in [0.15, 0.2) is 0 Å². The molecule has 0 spiro atoms. The van der Waals surface area contributed by atoms with Crippen LogP contribution >= 0.6 is 12.4 Å². The second-order valence-electron chi connectivity index (χ2n) is 4.46. The molecular formula is C15H11ClO4. The van der Waals surface area contributed by atoms with Gasteiger partial charge >= 0.3 is 11.9 Å². The summed E-state index contributed by atoms with van der Waals surface area (Å²) in [6.45, 7) is 0. The van der Waals surface area contributed by atoms with Crippen molar-refractivity contribution in [2.24, 2.45) is 0 Å². The molecule has 0 amide bonds. The first-order valence-corrected chi connectivity index (χ1v) is 5.80. The first-order chi connectivity index (χ1) is 9.09. The molecule has 0 radical (unpaired) electrons. The molecule has 4 nitrogen and oxygen atoms in total. The number of hydrogen-bond donors (Lipinski definition) is 2. The van der Waals surface area contributed by atoms with Crippen molar-refractivity contribution in [2.75, 3.05) is 0 Å². The molecule has 0 saturated carbocycles. The molecule has 0 fully saturated rings. The predicted molar refractivity (Wildman–Crippen MR) is 75.9 cm³/mol. The molecule has 3 rings (SSSR count). The van der Waals surface area contributed by atoms with Crippen LogP contribution in [-0.2, 0) is 6.42 Å². The zero-order valence-electron chi connectivity index (χ0n) is 10.3. The lowest BCUT2D eigenvalue weighted by atomic mass is 9.96. The smallest absolute Gasteiger partial charge is 0.336 e. The maximum absolute atomic E-state index is 11.4. The quantitative estimate of drug-likeness (QED) is 0.760. The molecule has 0 bridgehead atoms. The minimum Gasteiger partial charge on any atom is -0.478 e. The number of carboxylic acid groups (broad SMARTS) is 2. The molecule has 0 atom stereocenters. The number of halogens is 1. The molecule has 2 aromatic carbocycles. The van der Waals surface area contributed by atoms with E-state index in [1.54, 1.807) is 6.07 Å². The Bertz CT molecular complexity index is 722. The predicted octanol–water partition coefficient (Wildman–Crippen LogP) is 3.08. The van der Waals surface area contributed by atoms with E-state index in [9.17, 15) is 14.7 Å². The number of carbonyl (C=O) groups is 2. The summed E-state index contributed by atoms with van der Waals surface area (Å²) >= 11 is 0. The van der Waals surface area contributed by atoms with Gasteiger partial charge in [-0.05, 0) is 34.7 Å². The Morgan fingerprint density at radius 3 is 2.25 bits per heavy atom. The average Bonchev–Trinajstić information content (AvgIpc) is 2.75. The fourth-order valence-corrected chi connectivity index (χ4v) is 2.63. The molecule has 0 aliphatic heterocycles. The third-order valence-electron chi connectivity index (χ3n) is 3.43. The van der Waals surface area contributed by atoms with Crippen molar-refractivity contribution < 1.29 is 19.8 Å². The van der Waals surface area contributed by atoms with Crippen LogP contribution in [-0.4, -0.2) is 22.2 Å². The Morgan fingerprint density at radius 2 is 1.60 bits per heavy atom. The van der Waals surface area contributed by atoms with Gasteiger partial charge in [0, 0.05) is 0 Å². The van der Waals surface area contributed by atoms with E-state index < -0.39 is 11.9 Å². The highest BCUT2D eigenvalue weighted by Gasteiger charge is 2.27. The third-order valence-corrected chi connectivity index (χ3v) is 3.43. The Kier molecular flexibility index (Phi) is 3.51. The van der Waals surface area contributed by atoms with Crippen molar-refractivity contribution in [3.05, 3.63) is 58.7 Å². The van der Waals surface area contributed by atoms with Crippen molar-refractivity contribution in [3.8, 4) is 11.1 Å². The summed E-state index contributed by atoms with van der Waals surface area (Å²) in [5, 5.41) is 18.4. The van der Waals surface area contributed by atoms with E-state index in [1.165, 1.54) is 6.07 Å². The van der Waals surface area contributed by atoms with Crippen LogP contribution in [0.5, 0.6) is 0 Å². The van der Waals surface area contributed by atoms with Crippen LogP contribution in [0.2, 0.25) is 0 Å². The minimum absolute atomic E-state index is 0. The molecule has 102 valence electrons. The summed E-state index contributed by atoms with van der Waals surface area (Å²) in [6, 6.07) is 10.7. The van der Waals surface area contributed by atoms with Gasteiger partial charge in [0.05, 0.1) is 11.1 Å². The van der Waals surface area contributed by atoms with E-state index >= 15 is 0 Å². The highest BCUT2D eigenvalue weighted by Crippen LogP contribution is 2.39. The molecule has 0 aromatic heterocycles. The molecule has 0 saturated heterocycles. The van der Waals surface area contributed by atoms with Crippen LogP contribution in [0.3, 0.4) is 0 Å². The fraction of sp³-hybridized carbons (Fsp3) is 0.0667. The Morgan fingerprint density at radius 1 is 0.900 bits per heavy atom. The van der Waals surface area contributed by atoms with Crippen LogP contribution < -0.4 is 0 Å². The zero-order valence-corrected chi connectivity index (χ0v) is 11.1. The monoisotopic (exact) mass is 290 g/mol. The summed E-state index contributed by atoms with van der Waals surface area (Å²) < 4.78 is 0. The van der Waals surface area contributed by atoms with Gasteiger partial charge in [-0.2, -0.15) is 0 Å². The summed E-state index contributed by atoms with van der Waals surface area (Å²) in [5.74, 6) is -2.40. The number of rotatable bonds is 2. The van der Waals surface area contributed by atoms with Gasteiger partial charge in [-0.25, -0.2) is 9.59 Å². The van der Waals surface area contributed by atoms with E-state index in [0.29, 0.717) is 12.0 Å². The molecule has 0 unspecified atom stereocenters. The average molecular weight is 291 g/mol. The Labute approximate surface area is 121 Å². The van der Waals surface area contributed by atoms with Gasteiger partial charge in [-0.1, -0.05) is 30.3 Å². The first kappa shape index (κ1) is 14.1. The van der Waals surface area contributed by atoms with Crippen molar-refractivity contribution in [3.63, 3.8) is 0 Å². The highest BCUT2D eigenvalue weighted by atomic mass is 35.5. The molecular weight excluding hydrogens is 280 g/mol. The molecule has 2 N–H and O–H groups in total. The Balaban J connectivity index is 0.00000147. The van der Waals surface area contributed by atoms with Gasteiger partial charge in [0.2, 0.25) is 0 Å². The van der Waals surface area contributed by atoms with E-state index in [-0.39, 0.29) is 23.5 Å². The van der Waals surface area contributed by atoms with E-state index in [0.717, 1.165) is 16.7 Å². The van der Waals surface area contributed by atoms with Gasteiger partial charge in [0.25, 0.3) is 0 Å². The second kappa shape index (κ2) is 4.98. The minimum atomic E-state index is -1.21. The van der Waals surface area contributed by atoms with Gasteiger partial charge in [-0.15, -0.1) is 12.4 Å². The van der Waals surface area contributed by atoms with E-state index in [1.807, 2.05) is 24.3 Å². The summed E-state index contributed by atoms with van der Waals surface area (Å²) in [5.41, 5.74) is 3.17. The summed E-state index contributed by atoms with van der Waals surface area (Å²) in [4.78, 5) is 22.5. The number of fused-ring (bicyclic) bond motifs is 3. The lowest BCUT2D eigenvalue weighted by Crippen LogP contribution is -2.11. The lowest BCUT2D eigenvalue weighted by Gasteiger charge is -2.08. The normalized spacial score (nSPS) is 11.2. The van der Waals surface area contributed by atoms with Crippen LogP contribution in [0.15, 0.2) is 36.4 Å².